The van der Waals surface area contributed by atoms with E-state index in [4.69, 9.17) is 14.2 Å². The van der Waals surface area contributed by atoms with Crippen molar-refractivity contribution in [3.05, 3.63) is 134 Å². The Morgan fingerprint density at radius 1 is 0.272 bits per heavy atom. The fourth-order valence-electron chi connectivity index (χ4n) is 9.19. The minimum atomic E-state index is -0.826. The molecule has 1 atom stereocenters. The van der Waals surface area contributed by atoms with Crippen LogP contribution in [0, 0.1) is 0 Å². The van der Waals surface area contributed by atoms with Gasteiger partial charge in [0.2, 0.25) is 0 Å². The van der Waals surface area contributed by atoms with Gasteiger partial charge in [-0.25, -0.2) is 0 Å². The highest BCUT2D eigenvalue weighted by atomic mass is 16.6. The highest BCUT2D eigenvalue weighted by Gasteiger charge is 2.19. The number of allylic oxidation sites excluding steroid dienone is 21. The van der Waals surface area contributed by atoms with Crippen LogP contribution in [0.15, 0.2) is 134 Å². The maximum Gasteiger partial charge on any atom is 0.309 e. The third-order valence-electron chi connectivity index (χ3n) is 14.2. The molecule has 0 amide bonds. The fraction of sp³-hybridized carbons (Fsp3) is 0.667. The van der Waals surface area contributed by atoms with Gasteiger partial charge in [-0.3, -0.25) is 14.4 Å². The molecule has 1 unspecified atom stereocenters. The maximum atomic E-state index is 12.9. The molecule has 0 saturated heterocycles. The number of esters is 3. The third kappa shape index (κ3) is 66.2. The van der Waals surface area contributed by atoms with Gasteiger partial charge in [0.15, 0.2) is 6.10 Å². The second-order valence-electron chi connectivity index (χ2n) is 22.0. The molecule has 0 bridgehead atoms. The monoisotopic (exact) mass is 1120 g/mol. The predicted octanol–water partition coefficient (Wildman–Crippen LogP) is 23.3. The van der Waals surface area contributed by atoms with Crippen LogP contribution in [0.2, 0.25) is 0 Å². The molecule has 0 fully saturated rings. The SMILES string of the molecule is CC/C=C\C/C=C\C/C=C\C/C=C\C/C=C\CCCCCCCCCCCCCC(=O)OCC(COC(=O)C/C=C\C/C=C\C/C=C\C/C=C\C/C=C\CC)OC(=O)CCCCCCCCCCC/C=C\CCCCCCCCCC. The standard InChI is InChI=1S/C75H124O6/c1-4-7-10-13-16-19-22-25-28-30-32-34-35-36-37-38-39-41-42-44-47-50-53-56-59-62-65-68-74(77)80-71-72(70-79-73(76)67-64-61-58-55-52-49-46-27-24-21-18-15-12-9-6-3)81-75(78)69-66-63-60-57-54-51-48-45-43-40-33-31-29-26-23-20-17-14-11-8-5-2/h7,9-10,12,16,18-19,21,25,27-28,31-34,36-37,46,52,55,61,64,72H,4-6,8,11,13-15,17,20,22-24,26,29-30,35,38-45,47-51,53-54,56-60,62-63,65-71H2,1-3H3/b10-7-,12-9-,19-16-,21-18-,28-25-,33-31-,34-32-,37-36-,46-27-,55-52-,64-61-. The predicted molar refractivity (Wildman–Crippen MR) is 353 cm³/mol. The largest absolute Gasteiger partial charge is 0.462 e. The lowest BCUT2D eigenvalue weighted by Crippen LogP contribution is -2.30. The van der Waals surface area contributed by atoms with E-state index < -0.39 is 12.1 Å². The topological polar surface area (TPSA) is 78.9 Å². The van der Waals surface area contributed by atoms with Crippen molar-refractivity contribution < 1.29 is 28.6 Å². The van der Waals surface area contributed by atoms with Gasteiger partial charge in [-0.15, -0.1) is 0 Å². The van der Waals surface area contributed by atoms with Crippen LogP contribution >= 0.6 is 0 Å². The van der Waals surface area contributed by atoms with Crippen molar-refractivity contribution >= 4 is 17.9 Å². The molecule has 0 saturated carbocycles. The van der Waals surface area contributed by atoms with Gasteiger partial charge >= 0.3 is 17.9 Å². The Morgan fingerprint density at radius 3 is 0.877 bits per heavy atom. The van der Waals surface area contributed by atoms with Crippen LogP contribution in [-0.4, -0.2) is 37.2 Å². The van der Waals surface area contributed by atoms with Crippen LogP contribution < -0.4 is 0 Å². The van der Waals surface area contributed by atoms with Crippen molar-refractivity contribution in [2.45, 2.75) is 309 Å². The van der Waals surface area contributed by atoms with E-state index in [1.165, 1.54) is 161 Å². The molecule has 0 aliphatic rings. The fourth-order valence-corrected chi connectivity index (χ4v) is 9.19. The van der Waals surface area contributed by atoms with Gasteiger partial charge in [0.05, 0.1) is 6.42 Å². The minimum Gasteiger partial charge on any atom is -0.462 e. The van der Waals surface area contributed by atoms with Gasteiger partial charge in [-0.1, -0.05) is 302 Å². The average Bonchev–Trinajstić information content (AvgIpc) is 3.47. The molecule has 0 heterocycles. The average molecular weight is 1120 g/mol. The van der Waals surface area contributed by atoms with Crippen molar-refractivity contribution in [3.8, 4) is 0 Å². The quantitative estimate of drug-likeness (QED) is 0.0261. The Hall–Kier alpha value is -4.45. The van der Waals surface area contributed by atoms with E-state index in [0.717, 1.165) is 103 Å². The van der Waals surface area contributed by atoms with Gasteiger partial charge < -0.3 is 14.2 Å². The van der Waals surface area contributed by atoms with Crippen molar-refractivity contribution in [3.63, 3.8) is 0 Å². The second kappa shape index (κ2) is 68.1. The zero-order valence-electron chi connectivity index (χ0n) is 52.8. The second-order valence-corrected chi connectivity index (χ2v) is 22.0. The zero-order valence-corrected chi connectivity index (χ0v) is 52.8. The summed E-state index contributed by atoms with van der Waals surface area (Å²) < 4.78 is 16.8. The highest BCUT2D eigenvalue weighted by molar-refractivity contribution is 5.72. The third-order valence-corrected chi connectivity index (χ3v) is 14.2. The Morgan fingerprint density at radius 2 is 0.531 bits per heavy atom. The summed E-state index contributed by atoms with van der Waals surface area (Å²) >= 11 is 0. The first-order chi connectivity index (χ1) is 40.0. The van der Waals surface area contributed by atoms with E-state index in [0.29, 0.717) is 12.8 Å². The molecule has 6 nitrogen and oxygen atoms in total. The molecular weight excluding hydrogens is 997 g/mol. The van der Waals surface area contributed by atoms with Crippen molar-refractivity contribution in [1.29, 1.82) is 0 Å². The summed E-state index contributed by atoms with van der Waals surface area (Å²) in [5.74, 6) is -1.05. The number of hydrogen-bond acceptors (Lipinski definition) is 6. The lowest BCUT2D eigenvalue weighted by molar-refractivity contribution is -0.166. The van der Waals surface area contributed by atoms with Crippen molar-refractivity contribution in [2.24, 2.45) is 0 Å². The Bertz CT molecular complexity index is 1720. The molecule has 0 spiro atoms. The van der Waals surface area contributed by atoms with Gasteiger partial charge in [0.25, 0.3) is 0 Å². The molecular formula is C75H124O6. The maximum absolute atomic E-state index is 12.9. The van der Waals surface area contributed by atoms with E-state index in [-0.39, 0.29) is 31.6 Å². The number of ether oxygens (including phenoxy) is 3. The first kappa shape index (κ1) is 76.5. The van der Waals surface area contributed by atoms with E-state index in [1.807, 2.05) is 6.08 Å². The number of unbranched alkanes of at least 4 members (excludes halogenated alkanes) is 28. The molecule has 0 aliphatic heterocycles. The van der Waals surface area contributed by atoms with E-state index >= 15 is 0 Å². The molecule has 6 heteroatoms. The molecule has 0 aromatic heterocycles. The normalized spacial score (nSPS) is 13.0. The summed E-state index contributed by atoms with van der Waals surface area (Å²) in [6.45, 7) is 6.34. The molecule has 81 heavy (non-hydrogen) atoms. The summed E-state index contributed by atoms with van der Waals surface area (Å²) in [7, 11) is 0. The van der Waals surface area contributed by atoms with Crippen molar-refractivity contribution in [1.82, 2.24) is 0 Å². The zero-order chi connectivity index (χ0) is 58.5. The first-order valence-corrected chi connectivity index (χ1v) is 33.7. The highest BCUT2D eigenvalue weighted by Crippen LogP contribution is 2.16. The van der Waals surface area contributed by atoms with Crippen LogP contribution in [0.4, 0.5) is 0 Å². The van der Waals surface area contributed by atoms with E-state index in [9.17, 15) is 14.4 Å². The first-order valence-electron chi connectivity index (χ1n) is 33.7. The van der Waals surface area contributed by atoms with Gasteiger partial charge in [0, 0.05) is 12.8 Å². The van der Waals surface area contributed by atoms with Gasteiger partial charge in [-0.2, -0.15) is 0 Å². The summed E-state index contributed by atoms with van der Waals surface area (Å²) in [6.07, 6.45) is 96.4. The lowest BCUT2D eigenvalue weighted by atomic mass is 10.0. The van der Waals surface area contributed by atoms with Gasteiger partial charge in [-0.05, 0) is 116 Å². The number of rotatable bonds is 60. The Balaban J connectivity index is 4.40. The van der Waals surface area contributed by atoms with E-state index in [1.54, 1.807) is 6.08 Å². The molecule has 0 aromatic carbocycles. The Kier molecular flexibility index (Phi) is 64.3. The molecule has 0 rings (SSSR count). The smallest absolute Gasteiger partial charge is 0.309 e. The molecule has 0 aromatic rings. The number of hydrogen-bond donors (Lipinski definition) is 0. The molecule has 0 N–H and O–H groups in total. The molecule has 0 aliphatic carbocycles. The summed E-state index contributed by atoms with van der Waals surface area (Å²) in [6, 6.07) is 0. The van der Waals surface area contributed by atoms with Crippen LogP contribution in [0.5, 0.6) is 0 Å². The molecule has 460 valence electrons. The van der Waals surface area contributed by atoms with Gasteiger partial charge in [0.1, 0.15) is 13.2 Å². The van der Waals surface area contributed by atoms with Crippen LogP contribution in [-0.2, 0) is 28.6 Å². The van der Waals surface area contributed by atoms with Crippen LogP contribution in [0.25, 0.3) is 0 Å². The van der Waals surface area contributed by atoms with E-state index in [2.05, 4.69) is 142 Å². The summed E-state index contributed by atoms with van der Waals surface area (Å²) in [5, 5.41) is 0. The summed E-state index contributed by atoms with van der Waals surface area (Å²) in [4.78, 5) is 38.3. The van der Waals surface area contributed by atoms with Crippen LogP contribution in [0.1, 0.15) is 303 Å². The number of carbonyl (C=O) groups excluding carboxylic acids is 3. The summed E-state index contributed by atoms with van der Waals surface area (Å²) in [5.41, 5.74) is 0. The lowest BCUT2D eigenvalue weighted by Gasteiger charge is -2.18. The minimum absolute atomic E-state index is 0.113. The Labute approximate surface area is 500 Å². The molecule has 0 radical (unpaired) electrons. The van der Waals surface area contributed by atoms with Crippen LogP contribution in [0.3, 0.4) is 0 Å². The number of carbonyl (C=O) groups is 3. The van der Waals surface area contributed by atoms with Crippen molar-refractivity contribution in [2.75, 3.05) is 13.2 Å².